The molecule has 0 radical (unpaired) electrons. The molecule has 2 aromatic rings. The highest BCUT2D eigenvalue weighted by atomic mass is 35.5. The molecule has 0 aliphatic carbocycles. The number of halogens is 1. The van der Waals surface area contributed by atoms with E-state index in [9.17, 15) is 19.5 Å². The van der Waals surface area contributed by atoms with Crippen LogP contribution in [0, 0.1) is 0 Å². The number of benzene rings is 1. The summed E-state index contributed by atoms with van der Waals surface area (Å²) >= 11 is 6.02. The lowest BCUT2D eigenvalue weighted by Gasteiger charge is -2.18. The van der Waals surface area contributed by atoms with Gasteiger partial charge in [-0.3, -0.25) is 14.4 Å². The van der Waals surface area contributed by atoms with Crippen LogP contribution in [-0.2, 0) is 11.3 Å². The highest BCUT2D eigenvalue weighted by molar-refractivity contribution is 6.31. The Hall–Kier alpha value is -2.38. The van der Waals surface area contributed by atoms with Crippen molar-refractivity contribution in [3.63, 3.8) is 0 Å². The molecule has 7 nitrogen and oxygen atoms in total. The van der Waals surface area contributed by atoms with Crippen LogP contribution < -0.4 is 11.4 Å². The Morgan fingerprint density at radius 1 is 1.03 bits per heavy atom. The molecule has 0 saturated carbocycles. The van der Waals surface area contributed by atoms with Gasteiger partial charge in [0, 0.05) is 23.4 Å². The van der Waals surface area contributed by atoms with Gasteiger partial charge < -0.3 is 9.67 Å². The second-order valence-electron chi connectivity index (χ2n) is 8.08. The van der Waals surface area contributed by atoms with Gasteiger partial charge in [-0.25, -0.2) is 10.9 Å². The Balaban J connectivity index is 2.02. The highest BCUT2D eigenvalue weighted by Gasteiger charge is 2.28. The molecule has 0 spiro atoms. The number of imide groups is 1. The minimum atomic E-state index is -1.01. The molecule has 176 valence electrons. The van der Waals surface area contributed by atoms with Crippen LogP contribution in [0.5, 0.6) is 5.75 Å². The minimum absolute atomic E-state index is 0.115. The lowest BCUT2D eigenvalue weighted by molar-refractivity contribution is -0.129. The quantitative estimate of drug-likeness (QED) is 0.196. The number of hydrogen-bond acceptors (Lipinski definition) is 5. The van der Waals surface area contributed by atoms with Crippen LogP contribution in [0.2, 0.25) is 5.02 Å². The number of rotatable bonds is 12. The van der Waals surface area contributed by atoms with E-state index in [1.807, 2.05) is 0 Å². The zero-order valence-corrected chi connectivity index (χ0v) is 19.8. The zero-order chi connectivity index (χ0) is 23.7. The van der Waals surface area contributed by atoms with E-state index in [4.69, 9.17) is 17.4 Å². The smallest absolute Gasteiger partial charge is 0.284 e. The van der Waals surface area contributed by atoms with Crippen LogP contribution in [-0.4, -0.2) is 26.5 Å². The molecule has 3 N–H and O–H groups in total. The van der Waals surface area contributed by atoms with Crippen molar-refractivity contribution in [2.75, 3.05) is 0 Å². The fraction of sp³-hybridized carbons (Fsp3) is 0.542. The molecule has 2 rings (SSSR count). The first-order valence-corrected chi connectivity index (χ1v) is 11.9. The summed E-state index contributed by atoms with van der Waals surface area (Å²) in [7, 11) is 0. The highest BCUT2D eigenvalue weighted by Crippen LogP contribution is 2.29. The third-order valence-corrected chi connectivity index (χ3v) is 5.95. The molecule has 32 heavy (non-hydrogen) atoms. The third kappa shape index (κ3) is 6.33. The van der Waals surface area contributed by atoms with Crippen LogP contribution in [0.15, 0.2) is 23.0 Å². The first-order chi connectivity index (χ1) is 15.3. The predicted molar refractivity (Wildman–Crippen MR) is 128 cm³/mol. The number of amides is 2. The lowest BCUT2D eigenvalue weighted by atomic mass is 10.1. The first-order valence-electron chi connectivity index (χ1n) is 11.5. The molecule has 0 aliphatic heterocycles. The number of carbonyl (C=O) groups is 2. The minimum Gasteiger partial charge on any atom is -0.506 e. The van der Waals surface area contributed by atoms with Gasteiger partial charge in [0.1, 0.15) is 11.3 Å². The van der Waals surface area contributed by atoms with Gasteiger partial charge in [0.05, 0.1) is 5.52 Å². The number of nitrogens with two attached hydrogens (primary N) is 1. The van der Waals surface area contributed by atoms with Crippen molar-refractivity contribution < 1.29 is 14.7 Å². The van der Waals surface area contributed by atoms with Gasteiger partial charge in [0.2, 0.25) is 5.91 Å². The van der Waals surface area contributed by atoms with E-state index in [0.29, 0.717) is 27.4 Å². The summed E-state index contributed by atoms with van der Waals surface area (Å²) in [6.07, 6.45) is 10.0. The Bertz CT molecular complexity index is 1000. The average molecular weight is 464 g/mol. The van der Waals surface area contributed by atoms with E-state index >= 15 is 0 Å². The number of carbonyl (C=O) groups excluding carboxylic acids is 2. The van der Waals surface area contributed by atoms with Gasteiger partial charge in [-0.1, -0.05) is 69.9 Å². The first kappa shape index (κ1) is 25.9. The Morgan fingerprint density at radius 3 is 2.22 bits per heavy atom. The lowest BCUT2D eigenvalue weighted by Crippen LogP contribution is -2.45. The molecule has 1 aromatic heterocycles. The van der Waals surface area contributed by atoms with Gasteiger partial charge in [-0.2, -0.15) is 0 Å². The number of fused-ring (bicyclic) bond motifs is 1. The standard InChI is InChI=1S/C24H34ClN3O4/c1-3-5-6-7-8-9-10-11-12-13-20(29)28(26)24(32)21-22(30)18-15-14-17(25)16-19(18)27(4-2)23(21)31/h14-16,30H,3-13,26H2,1-2H3. The zero-order valence-electron chi connectivity index (χ0n) is 19.0. The van der Waals surface area contributed by atoms with Crippen LogP contribution in [0.25, 0.3) is 10.9 Å². The summed E-state index contributed by atoms with van der Waals surface area (Å²) in [6.45, 7) is 4.19. The number of hydrogen-bond donors (Lipinski definition) is 2. The Labute approximate surface area is 194 Å². The molecular weight excluding hydrogens is 430 g/mol. The van der Waals surface area contributed by atoms with Crippen molar-refractivity contribution in [3.8, 4) is 5.75 Å². The van der Waals surface area contributed by atoms with Crippen molar-refractivity contribution in [2.24, 2.45) is 5.84 Å². The molecule has 1 heterocycles. The van der Waals surface area contributed by atoms with E-state index in [1.54, 1.807) is 19.1 Å². The molecule has 0 aliphatic rings. The molecule has 0 bridgehead atoms. The predicted octanol–water partition coefficient (Wildman–Crippen LogP) is 5.14. The molecule has 0 atom stereocenters. The summed E-state index contributed by atoms with van der Waals surface area (Å²) in [6, 6.07) is 4.63. The van der Waals surface area contributed by atoms with E-state index in [1.165, 1.54) is 42.7 Å². The molecule has 0 saturated heterocycles. The monoisotopic (exact) mass is 463 g/mol. The molecule has 8 heteroatoms. The van der Waals surface area contributed by atoms with Crippen LogP contribution >= 0.6 is 11.6 Å². The van der Waals surface area contributed by atoms with E-state index < -0.39 is 28.7 Å². The van der Waals surface area contributed by atoms with Gasteiger partial charge in [0.25, 0.3) is 11.5 Å². The molecular formula is C24H34ClN3O4. The summed E-state index contributed by atoms with van der Waals surface area (Å²) in [5, 5.41) is 11.8. The molecule has 1 aromatic carbocycles. The van der Waals surface area contributed by atoms with Crippen molar-refractivity contribution in [1.29, 1.82) is 0 Å². The number of unbranched alkanes of at least 4 members (excludes halogenated alkanes) is 8. The summed E-state index contributed by atoms with van der Waals surface area (Å²) in [4.78, 5) is 38.2. The van der Waals surface area contributed by atoms with E-state index in [0.717, 1.165) is 19.3 Å². The van der Waals surface area contributed by atoms with Crippen molar-refractivity contribution in [2.45, 2.75) is 84.6 Å². The van der Waals surface area contributed by atoms with Crippen molar-refractivity contribution >= 4 is 34.3 Å². The number of nitrogens with zero attached hydrogens (tertiary/aromatic N) is 2. The maximum absolute atomic E-state index is 12.9. The third-order valence-electron chi connectivity index (χ3n) is 5.71. The second kappa shape index (κ2) is 12.6. The van der Waals surface area contributed by atoms with Gasteiger partial charge >= 0.3 is 0 Å². The number of aryl methyl sites for hydroxylation is 1. The normalized spacial score (nSPS) is 11.1. The van der Waals surface area contributed by atoms with Gasteiger partial charge in [-0.15, -0.1) is 0 Å². The number of aromatic nitrogens is 1. The van der Waals surface area contributed by atoms with Crippen molar-refractivity contribution in [1.82, 2.24) is 9.58 Å². The van der Waals surface area contributed by atoms with Crippen LogP contribution in [0.3, 0.4) is 0 Å². The average Bonchev–Trinajstić information content (AvgIpc) is 2.77. The van der Waals surface area contributed by atoms with E-state index in [-0.39, 0.29) is 13.0 Å². The van der Waals surface area contributed by atoms with Crippen LogP contribution in [0.4, 0.5) is 0 Å². The number of pyridine rings is 1. The van der Waals surface area contributed by atoms with Crippen molar-refractivity contribution in [3.05, 3.63) is 39.1 Å². The molecule has 2 amide bonds. The maximum Gasteiger partial charge on any atom is 0.284 e. The fourth-order valence-electron chi connectivity index (χ4n) is 3.86. The SMILES string of the molecule is CCCCCCCCCCCC(=O)N(N)C(=O)c1c(O)c2ccc(Cl)cc2n(CC)c1=O. The Kier molecular flexibility index (Phi) is 10.2. The fourth-order valence-corrected chi connectivity index (χ4v) is 4.02. The largest absolute Gasteiger partial charge is 0.506 e. The maximum atomic E-state index is 12.9. The number of aromatic hydroxyl groups is 1. The van der Waals surface area contributed by atoms with E-state index in [2.05, 4.69) is 6.92 Å². The topological polar surface area (TPSA) is 106 Å². The van der Waals surface area contributed by atoms with Gasteiger partial charge in [0.15, 0.2) is 0 Å². The second-order valence-corrected chi connectivity index (χ2v) is 8.52. The Morgan fingerprint density at radius 2 is 1.62 bits per heavy atom. The number of hydrazine groups is 1. The summed E-state index contributed by atoms with van der Waals surface area (Å²) in [5.41, 5.74) is -0.815. The molecule has 0 unspecified atom stereocenters. The van der Waals surface area contributed by atoms with Gasteiger partial charge in [-0.05, 0) is 31.5 Å². The van der Waals surface area contributed by atoms with Crippen LogP contribution in [0.1, 0.15) is 88.4 Å². The summed E-state index contributed by atoms with van der Waals surface area (Å²) in [5.74, 6) is 3.68. The molecule has 0 fully saturated rings. The summed E-state index contributed by atoms with van der Waals surface area (Å²) < 4.78 is 1.33.